The van der Waals surface area contributed by atoms with Crippen LogP contribution in [0.3, 0.4) is 0 Å². The Balaban J connectivity index is 2.49. The molecule has 2 aromatic carbocycles. The minimum atomic E-state index is -1.10. The van der Waals surface area contributed by atoms with Crippen LogP contribution in [0.2, 0.25) is 0 Å². The van der Waals surface area contributed by atoms with Crippen LogP contribution in [0.15, 0.2) is 34.8 Å². The molecule has 106 valence electrons. The second-order valence-electron chi connectivity index (χ2n) is 4.42. The van der Waals surface area contributed by atoms with Crippen molar-refractivity contribution in [2.45, 2.75) is 13.0 Å². The second kappa shape index (κ2) is 5.89. The zero-order chi connectivity index (χ0) is 14.9. The highest BCUT2D eigenvalue weighted by Gasteiger charge is 2.18. The van der Waals surface area contributed by atoms with E-state index in [1.165, 1.54) is 13.2 Å². The van der Waals surface area contributed by atoms with Crippen LogP contribution in [-0.2, 0) is 0 Å². The maximum atomic E-state index is 13.3. The lowest BCUT2D eigenvalue weighted by atomic mass is 9.99. The molecule has 2 rings (SSSR count). The Hall–Kier alpha value is -1.46. The molecule has 0 bridgehead atoms. The largest absolute Gasteiger partial charge is 0.496 e. The van der Waals surface area contributed by atoms with Gasteiger partial charge in [0.2, 0.25) is 0 Å². The third-order valence-electron chi connectivity index (χ3n) is 3.06. The zero-order valence-corrected chi connectivity index (χ0v) is 12.5. The molecule has 0 aliphatic rings. The normalized spacial score (nSPS) is 12.3. The average molecular weight is 343 g/mol. The monoisotopic (exact) mass is 342 g/mol. The quantitative estimate of drug-likeness (QED) is 0.908. The topological polar surface area (TPSA) is 29.5 Å². The van der Waals surface area contributed by atoms with Gasteiger partial charge >= 0.3 is 0 Å². The van der Waals surface area contributed by atoms with Crippen molar-refractivity contribution in [1.82, 2.24) is 0 Å². The first kappa shape index (κ1) is 14.9. The van der Waals surface area contributed by atoms with Crippen molar-refractivity contribution in [3.05, 3.63) is 63.1 Å². The minimum Gasteiger partial charge on any atom is -0.496 e. The molecule has 0 amide bonds. The van der Waals surface area contributed by atoms with Crippen LogP contribution in [0, 0.1) is 18.6 Å². The first-order valence-corrected chi connectivity index (χ1v) is 6.70. The van der Waals surface area contributed by atoms with Gasteiger partial charge in [-0.3, -0.25) is 0 Å². The molecule has 5 heteroatoms. The van der Waals surface area contributed by atoms with Crippen LogP contribution in [0.4, 0.5) is 8.78 Å². The van der Waals surface area contributed by atoms with E-state index < -0.39 is 17.7 Å². The van der Waals surface area contributed by atoms with Gasteiger partial charge in [0.05, 0.1) is 7.11 Å². The highest BCUT2D eigenvalue weighted by atomic mass is 79.9. The van der Waals surface area contributed by atoms with Gasteiger partial charge in [-0.2, -0.15) is 0 Å². The van der Waals surface area contributed by atoms with Gasteiger partial charge in [0.25, 0.3) is 0 Å². The van der Waals surface area contributed by atoms with E-state index in [0.29, 0.717) is 11.3 Å². The Morgan fingerprint density at radius 3 is 2.45 bits per heavy atom. The maximum absolute atomic E-state index is 13.3. The van der Waals surface area contributed by atoms with Gasteiger partial charge in [-0.1, -0.05) is 22.0 Å². The van der Waals surface area contributed by atoms with Gasteiger partial charge in [-0.15, -0.1) is 0 Å². The minimum absolute atomic E-state index is 0.262. The molecule has 2 aromatic rings. The number of ether oxygens (including phenoxy) is 1. The van der Waals surface area contributed by atoms with E-state index in [4.69, 9.17) is 4.74 Å². The van der Waals surface area contributed by atoms with Crippen LogP contribution in [-0.4, -0.2) is 12.2 Å². The molecule has 20 heavy (non-hydrogen) atoms. The Bertz CT molecular complexity index is 644. The number of rotatable bonds is 3. The number of aryl methyl sites for hydroxylation is 1. The molecular formula is C15H13BrF2O2. The smallest absolute Gasteiger partial charge is 0.159 e. The molecule has 1 N–H and O–H groups in total. The van der Waals surface area contributed by atoms with E-state index in [1.54, 1.807) is 12.1 Å². The third kappa shape index (κ3) is 2.83. The summed E-state index contributed by atoms with van der Waals surface area (Å²) in [5.41, 5.74) is 1.69. The molecule has 0 aliphatic carbocycles. The number of hydrogen-bond acceptors (Lipinski definition) is 2. The Kier molecular flexibility index (Phi) is 4.40. The van der Waals surface area contributed by atoms with Crippen LogP contribution < -0.4 is 4.74 Å². The van der Waals surface area contributed by atoms with Gasteiger partial charge in [-0.05, 0) is 42.3 Å². The lowest BCUT2D eigenvalue weighted by Crippen LogP contribution is -2.04. The van der Waals surface area contributed by atoms with E-state index in [-0.39, 0.29) is 5.56 Å². The molecule has 0 aromatic heterocycles. The molecule has 1 unspecified atom stereocenters. The summed E-state index contributed by atoms with van der Waals surface area (Å²) in [6.07, 6.45) is -1.10. The first-order chi connectivity index (χ1) is 9.43. The molecule has 0 spiro atoms. The third-order valence-corrected chi connectivity index (χ3v) is 3.92. The van der Waals surface area contributed by atoms with Gasteiger partial charge in [-0.25, -0.2) is 8.78 Å². The summed E-state index contributed by atoms with van der Waals surface area (Å²) < 4.78 is 32.2. The van der Waals surface area contributed by atoms with Crippen molar-refractivity contribution in [2.75, 3.05) is 7.11 Å². The summed E-state index contributed by atoms with van der Waals surface area (Å²) in [6.45, 7) is 1.89. The van der Waals surface area contributed by atoms with Crippen molar-refractivity contribution in [1.29, 1.82) is 0 Å². The maximum Gasteiger partial charge on any atom is 0.159 e. The Morgan fingerprint density at radius 2 is 1.85 bits per heavy atom. The Labute approximate surface area is 124 Å². The van der Waals surface area contributed by atoms with Crippen molar-refractivity contribution >= 4 is 15.9 Å². The molecule has 0 heterocycles. The van der Waals surface area contributed by atoms with Crippen molar-refractivity contribution in [2.24, 2.45) is 0 Å². The van der Waals surface area contributed by atoms with Crippen LogP contribution in [0.5, 0.6) is 5.75 Å². The number of aliphatic hydroxyl groups is 1. The van der Waals surface area contributed by atoms with Gasteiger partial charge < -0.3 is 9.84 Å². The summed E-state index contributed by atoms with van der Waals surface area (Å²) in [5.74, 6) is -1.45. The summed E-state index contributed by atoms with van der Waals surface area (Å²) >= 11 is 3.38. The van der Waals surface area contributed by atoms with E-state index in [2.05, 4.69) is 15.9 Å². The van der Waals surface area contributed by atoms with E-state index in [0.717, 1.165) is 22.2 Å². The highest BCUT2D eigenvalue weighted by Crippen LogP contribution is 2.34. The number of methoxy groups -OCH3 is 1. The first-order valence-electron chi connectivity index (χ1n) is 5.91. The van der Waals surface area contributed by atoms with Crippen molar-refractivity contribution < 1.29 is 18.6 Å². The fourth-order valence-corrected chi connectivity index (χ4v) is 2.28. The van der Waals surface area contributed by atoms with Gasteiger partial charge in [0, 0.05) is 10.0 Å². The molecule has 2 nitrogen and oxygen atoms in total. The fourth-order valence-electron chi connectivity index (χ4n) is 1.92. The van der Waals surface area contributed by atoms with Crippen molar-refractivity contribution in [3.8, 4) is 5.75 Å². The predicted octanol–water partition coefficient (Wildman–Crippen LogP) is 4.13. The van der Waals surface area contributed by atoms with Gasteiger partial charge in [0.15, 0.2) is 11.6 Å². The number of aliphatic hydroxyl groups excluding tert-OH is 1. The van der Waals surface area contributed by atoms with Crippen LogP contribution >= 0.6 is 15.9 Å². The standard InChI is InChI=1S/C15H13BrF2O2/c1-8-5-14(20-2)10(7-11(8)16)15(19)9-3-4-12(17)13(18)6-9/h3-7,15,19H,1-2H3. The van der Waals surface area contributed by atoms with Crippen LogP contribution in [0.25, 0.3) is 0 Å². The van der Waals surface area contributed by atoms with E-state index >= 15 is 0 Å². The SMILES string of the molecule is COc1cc(C)c(Br)cc1C(O)c1ccc(F)c(F)c1. The van der Waals surface area contributed by atoms with Crippen molar-refractivity contribution in [3.63, 3.8) is 0 Å². The molecule has 0 saturated carbocycles. The summed E-state index contributed by atoms with van der Waals surface area (Å²) in [4.78, 5) is 0. The van der Waals surface area contributed by atoms with E-state index in [9.17, 15) is 13.9 Å². The molecule has 1 atom stereocenters. The predicted molar refractivity (Wildman–Crippen MR) is 75.9 cm³/mol. The molecule has 0 radical (unpaired) electrons. The molecule has 0 saturated heterocycles. The summed E-state index contributed by atoms with van der Waals surface area (Å²) in [5, 5.41) is 10.3. The van der Waals surface area contributed by atoms with Gasteiger partial charge in [0.1, 0.15) is 11.9 Å². The van der Waals surface area contributed by atoms with E-state index in [1.807, 2.05) is 6.92 Å². The fraction of sp³-hybridized carbons (Fsp3) is 0.200. The molecular weight excluding hydrogens is 330 g/mol. The highest BCUT2D eigenvalue weighted by molar-refractivity contribution is 9.10. The molecule has 0 aliphatic heterocycles. The molecule has 0 fully saturated rings. The number of hydrogen-bond donors (Lipinski definition) is 1. The average Bonchev–Trinajstić information content (AvgIpc) is 2.43. The lowest BCUT2D eigenvalue weighted by Gasteiger charge is -2.17. The summed E-state index contributed by atoms with van der Waals surface area (Å²) in [6, 6.07) is 6.79. The van der Waals surface area contributed by atoms with Crippen LogP contribution in [0.1, 0.15) is 22.8 Å². The lowest BCUT2D eigenvalue weighted by molar-refractivity contribution is 0.214. The second-order valence-corrected chi connectivity index (χ2v) is 5.27. The Morgan fingerprint density at radius 1 is 1.15 bits per heavy atom. The zero-order valence-electron chi connectivity index (χ0n) is 11.0. The summed E-state index contributed by atoms with van der Waals surface area (Å²) in [7, 11) is 1.49. The number of benzene rings is 2. The number of halogens is 3.